The van der Waals surface area contributed by atoms with E-state index in [-0.39, 0.29) is 37.3 Å². The third kappa shape index (κ3) is 2.49. The Morgan fingerprint density at radius 3 is 2.04 bits per heavy atom. The van der Waals surface area contributed by atoms with Gasteiger partial charge >= 0.3 is 5.69 Å². The molecule has 0 aliphatic carbocycles. The van der Waals surface area contributed by atoms with Crippen LogP contribution >= 0.6 is 0 Å². The lowest BCUT2D eigenvalue weighted by molar-refractivity contribution is 0.574. The summed E-state index contributed by atoms with van der Waals surface area (Å²) in [5, 5.41) is 0. The van der Waals surface area contributed by atoms with E-state index in [1.54, 1.807) is 0 Å². The van der Waals surface area contributed by atoms with Crippen LogP contribution in [0.25, 0.3) is 22.2 Å². The molecule has 3 aromatic rings. The molecule has 8 nitrogen and oxygen atoms in total. The van der Waals surface area contributed by atoms with Crippen LogP contribution in [-0.4, -0.2) is 32.2 Å². The normalized spacial score (nSPS) is 11.5. The Labute approximate surface area is 137 Å². The van der Waals surface area contributed by atoms with Gasteiger partial charge in [0.05, 0.1) is 11.0 Å². The van der Waals surface area contributed by atoms with Crippen molar-refractivity contribution in [2.75, 3.05) is 13.1 Å². The van der Waals surface area contributed by atoms with E-state index in [0.29, 0.717) is 11.0 Å². The zero-order valence-corrected chi connectivity index (χ0v) is 13.7. The van der Waals surface area contributed by atoms with Crippen LogP contribution in [0.4, 0.5) is 0 Å². The number of aryl methyl sites for hydroxylation is 2. The molecule has 8 heteroatoms. The predicted octanol–water partition coefficient (Wildman–Crippen LogP) is -0.359. The van der Waals surface area contributed by atoms with Gasteiger partial charge in [0.15, 0.2) is 11.2 Å². The summed E-state index contributed by atoms with van der Waals surface area (Å²) in [5.41, 5.74) is 14.0. The van der Waals surface area contributed by atoms with Gasteiger partial charge in [0.2, 0.25) is 0 Å². The molecule has 3 rings (SSSR count). The highest BCUT2D eigenvalue weighted by Gasteiger charge is 2.16. The molecule has 0 radical (unpaired) electrons. The highest BCUT2D eigenvalue weighted by molar-refractivity contribution is 5.85. The van der Waals surface area contributed by atoms with Crippen molar-refractivity contribution < 1.29 is 0 Å². The van der Waals surface area contributed by atoms with Crippen molar-refractivity contribution in [1.29, 1.82) is 0 Å². The molecule has 0 aliphatic heterocycles. The first kappa shape index (κ1) is 16.3. The van der Waals surface area contributed by atoms with Crippen molar-refractivity contribution in [1.82, 2.24) is 19.1 Å². The molecule has 0 spiro atoms. The summed E-state index contributed by atoms with van der Waals surface area (Å²) in [6.07, 6.45) is 0. The van der Waals surface area contributed by atoms with Gasteiger partial charge in [-0.1, -0.05) is 0 Å². The van der Waals surface area contributed by atoms with Gasteiger partial charge in [0.25, 0.3) is 5.56 Å². The van der Waals surface area contributed by atoms with E-state index >= 15 is 0 Å². The number of aromatic nitrogens is 4. The van der Waals surface area contributed by atoms with Crippen LogP contribution in [0, 0.1) is 13.8 Å². The molecule has 0 atom stereocenters. The summed E-state index contributed by atoms with van der Waals surface area (Å²) < 4.78 is 2.49. The second-order valence-corrected chi connectivity index (χ2v) is 5.79. The Balaban J connectivity index is 2.49. The van der Waals surface area contributed by atoms with Crippen LogP contribution in [0.2, 0.25) is 0 Å². The minimum atomic E-state index is -0.471. The number of rotatable bonds is 4. The largest absolute Gasteiger partial charge is 0.332 e. The highest BCUT2D eigenvalue weighted by Crippen LogP contribution is 2.18. The maximum Gasteiger partial charge on any atom is 0.332 e. The van der Waals surface area contributed by atoms with Crippen LogP contribution in [-0.2, 0) is 13.1 Å². The molecular weight excluding hydrogens is 308 g/mol. The van der Waals surface area contributed by atoms with Crippen molar-refractivity contribution >= 4 is 22.2 Å². The van der Waals surface area contributed by atoms with E-state index < -0.39 is 11.2 Å². The Morgan fingerprint density at radius 2 is 1.46 bits per heavy atom. The van der Waals surface area contributed by atoms with E-state index in [4.69, 9.17) is 11.5 Å². The first-order valence-corrected chi connectivity index (χ1v) is 7.80. The molecular formula is C16H20N6O2. The van der Waals surface area contributed by atoms with Gasteiger partial charge in [-0.05, 0) is 37.1 Å². The van der Waals surface area contributed by atoms with Crippen molar-refractivity contribution in [3.63, 3.8) is 0 Å². The van der Waals surface area contributed by atoms with E-state index in [1.165, 1.54) is 4.57 Å². The van der Waals surface area contributed by atoms with Gasteiger partial charge in [-0.3, -0.25) is 13.9 Å². The van der Waals surface area contributed by atoms with Crippen LogP contribution in [0.1, 0.15) is 11.1 Å². The minimum absolute atomic E-state index is 0.130. The van der Waals surface area contributed by atoms with Crippen LogP contribution in [0.5, 0.6) is 0 Å². The first-order chi connectivity index (χ1) is 11.5. The molecule has 0 aliphatic rings. The second-order valence-electron chi connectivity index (χ2n) is 5.79. The van der Waals surface area contributed by atoms with Gasteiger partial charge in [0, 0.05) is 26.2 Å². The summed E-state index contributed by atoms with van der Waals surface area (Å²) in [6, 6.07) is 3.79. The predicted molar refractivity (Wildman–Crippen MR) is 93.1 cm³/mol. The number of hydrogen-bond acceptors (Lipinski definition) is 6. The third-order valence-electron chi connectivity index (χ3n) is 4.13. The molecule has 2 heterocycles. The number of fused-ring (bicyclic) bond motifs is 2. The van der Waals surface area contributed by atoms with E-state index in [0.717, 1.165) is 15.7 Å². The smallest absolute Gasteiger partial charge is 0.329 e. The standard InChI is InChI=1S/C16H20N6O2/c1-9-7-11-12(8-10(9)2)20-14-13(19-11)15(23)22(6-4-18)16(24)21(14)5-3-17/h7-8H,3-6,17-18H2,1-2H3. The third-order valence-corrected chi connectivity index (χ3v) is 4.13. The quantitative estimate of drug-likeness (QED) is 0.631. The zero-order chi connectivity index (χ0) is 17.4. The van der Waals surface area contributed by atoms with Gasteiger partial charge in [-0.2, -0.15) is 0 Å². The maximum atomic E-state index is 12.7. The fourth-order valence-electron chi connectivity index (χ4n) is 2.74. The summed E-state index contributed by atoms with van der Waals surface area (Å²) >= 11 is 0. The SMILES string of the molecule is Cc1cc2nc3c(=O)n(CCN)c(=O)n(CCN)c3nc2cc1C. The van der Waals surface area contributed by atoms with Crippen LogP contribution in [0.3, 0.4) is 0 Å². The Hall–Kier alpha value is -2.58. The topological polar surface area (TPSA) is 122 Å². The number of hydrogen-bond donors (Lipinski definition) is 2. The Kier molecular flexibility index (Phi) is 4.16. The second kappa shape index (κ2) is 6.14. The number of nitrogens with two attached hydrogens (primary N) is 2. The lowest BCUT2D eigenvalue weighted by Crippen LogP contribution is -2.43. The number of benzene rings is 1. The average Bonchev–Trinajstić information content (AvgIpc) is 2.55. The van der Waals surface area contributed by atoms with Crippen molar-refractivity contribution in [3.8, 4) is 0 Å². The summed E-state index contributed by atoms with van der Waals surface area (Å²) in [6.45, 7) is 4.77. The van der Waals surface area contributed by atoms with Gasteiger partial charge in [-0.25, -0.2) is 14.8 Å². The molecule has 2 aromatic heterocycles. The highest BCUT2D eigenvalue weighted by atomic mass is 16.2. The van der Waals surface area contributed by atoms with Crippen LogP contribution in [0.15, 0.2) is 21.7 Å². The van der Waals surface area contributed by atoms with E-state index in [2.05, 4.69) is 9.97 Å². The molecule has 0 saturated carbocycles. The zero-order valence-electron chi connectivity index (χ0n) is 13.7. The first-order valence-electron chi connectivity index (χ1n) is 7.80. The Bertz CT molecular complexity index is 1050. The van der Waals surface area contributed by atoms with Gasteiger partial charge in [-0.15, -0.1) is 0 Å². The summed E-state index contributed by atoms with van der Waals surface area (Å²) in [7, 11) is 0. The average molecular weight is 328 g/mol. The van der Waals surface area contributed by atoms with E-state index in [9.17, 15) is 9.59 Å². The molecule has 0 saturated heterocycles. The van der Waals surface area contributed by atoms with Crippen molar-refractivity contribution in [3.05, 3.63) is 44.1 Å². The molecule has 1 aromatic carbocycles. The molecule has 24 heavy (non-hydrogen) atoms. The molecule has 0 bridgehead atoms. The van der Waals surface area contributed by atoms with Crippen LogP contribution < -0.4 is 22.7 Å². The fraction of sp³-hybridized carbons (Fsp3) is 0.375. The summed E-state index contributed by atoms with van der Waals surface area (Å²) in [4.78, 5) is 34.2. The molecule has 4 N–H and O–H groups in total. The lowest BCUT2D eigenvalue weighted by Gasteiger charge is -2.13. The van der Waals surface area contributed by atoms with Crippen molar-refractivity contribution in [2.45, 2.75) is 26.9 Å². The fourth-order valence-corrected chi connectivity index (χ4v) is 2.74. The molecule has 126 valence electrons. The van der Waals surface area contributed by atoms with Gasteiger partial charge < -0.3 is 11.5 Å². The van der Waals surface area contributed by atoms with E-state index in [1.807, 2.05) is 26.0 Å². The molecule has 0 unspecified atom stereocenters. The lowest BCUT2D eigenvalue weighted by atomic mass is 10.1. The maximum absolute atomic E-state index is 12.7. The summed E-state index contributed by atoms with van der Waals surface area (Å²) in [5.74, 6) is 0. The van der Waals surface area contributed by atoms with Crippen molar-refractivity contribution in [2.24, 2.45) is 11.5 Å². The number of nitrogens with zero attached hydrogens (tertiary/aromatic N) is 4. The molecule has 0 fully saturated rings. The Morgan fingerprint density at radius 1 is 0.917 bits per heavy atom. The monoisotopic (exact) mass is 328 g/mol. The minimum Gasteiger partial charge on any atom is -0.329 e. The van der Waals surface area contributed by atoms with Gasteiger partial charge in [0.1, 0.15) is 0 Å². The molecule has 0 amide bonds.